The lowest BCUT2D eigenvalue weighted by atomic mass is 9.90. The van der Waals surface area contributed by atoms with Crippen LogP contribution in [0.2, 0.25) is 0 Å². The summed E-state index contributed by atoms with van der Waals surface area (Å²) in [6.45, 7) is -0.231. The first-order chi connectivity index (χ1) is 14.7. The fourth-order valence-electron chi connectivity index (χ4n) is 3.11. The standard InChI is InChI=1S/C23H25F3O5/c24-23(25,26)17-6-5-7-19(14-17)31-15-18(27)12-10-16-11-13-21(28)20(16)8-3-1-2-4-9-22(29)30/h1,3,5-7,10-14,16,18,20,27H,2,4,8-9,15H2,(H,29,30)/p-1/b3-1?,12-10+/t16-,18+,20+/m0/s1. The van der Waals surface area contributed by atoms with Crippen molar-refractivity contribution in [3.63, 3.8) is 0 Å². The molecule has 3 atom stereocenters. The second-order valence-electron chi connectivity index (χ2n) is 7.21. The molecule has 2 rings (SSSR count). The van der Waals surface area contributed by atoms with Gasteiger partial charge in [-0.1, -0.05) is 36.4 Å². The number of halogens is 3. The number of benzene rings is 1. The van der Waals surface area contributed by atoms with Gasteiger partial charge >= 0.3 is 6.18 Å². The van der Waals surface area contributed by atoms with Gasteiger partial charge in [-0.05, 0) is 50.0 Å². The topological polar surface area (TPSA) is 86.7 Å². The minimum absolute atomic E-state index is 0.0000852. The van der Waals surface area contributed by atoms with E-state index in [0.29, 0.717) is 19.3 Å². The molecule has 0 heterocycles. The molecular weight excluding hydrogens is 413 g/mol. The Morgan fingerprint density at radius 2 is 2.06 bits per heavy atom. The summed E-state index contributed by atoms with van der Waals surface area (Å²) in [7, 11) is 0. The Hall–Kier alpha value is -2.87. The summed E-state index contributed by atoms with van der Waals surface area (Å²) in [5, 5.41) is 20.4. The number of ether oxygens (including phenoxy) is 1. The van der Waals surface area contributed by atoms with E-state index in [4.69, 9.17) is 4.74 Å². The normalized spacial score (nSPS) is 20.1. The van der Waals surface area contributed by atoms with E-state index in [1.54, 1.807) is 12.2 Å². The van der Waals surface area contributed by atoms with Crippen LogP contribution in [0, 0.1) is 11.8 Å². The van der Waals surface area contributed by atoms with Gasteiger partial charge in [0.05, 0.1) is 5.56 Å². The van der Waals surface area contributed by atoms with Crippen LogP contribution in [0.5, 0.6) is 5.75 Å². The Balaban J connectivity index is 1.82. The average molecular weight is 437 g/mol. The molecule has 0 fully saturated rings. The number of aliphatic hydroxyl groups is 1. The largest absolute Gasteiger partial charge is 0.550 e. The molecule has 168 valence electrons. The van der Waals surface area contributed by atoms with Crippen LogP contribution in [-0.2, 0) is 15.8 Å². The van der Waals surface area contributed by atoms with Gasteiger partial charge in [-0.15, -0.1) is 0 Å². The van der Waals surface area contributed by atoms with E-state index in [2.05, 4.69) is 0 Å². The number of aliphatic hydroxyl groups excluding tert-OH is 1. The first-order valence-corrected chi connectivity index (χ1v) is 9.90. The van der Waals surface area contributed by atoms with E-state index >= 15 is 0 Å². The second kappa shape index (κ2) is 11.5. The molecule has 0 saturated heterocycles. The third-order valence-corrected chi connectivity index (χ3v) is 4.76. The van der Waals surface area contributed by atoms with Crippen molar-refractivity contribution in [2.75, 3.05) is 6.61 Å². The summed E-state index contributed by atoms with van der Waals surface area (Å²) < 4.78 is 43.4. The molecule has 0 unspecified atom stereocenters. The Bertz CT molecular complexity index is 842. The van der Waals surface area contributed by atoms with E-state index < -0.39 is 23.8 Å². The lowest BCUT2D eigenvalue weighted by Crippen LogP contribution is -2.21. The van der Waals surface area contributed by atoms with Crippen molar-refractivity contribution in [3.05, 3.63) is 66.3 Å². The zero-order valence-corrected chi connectivity index (χ0v) is 16.8. The summed E-state index contributed by atoms with van der Waals surface area (Å²) in [4.78, 5) is 22.4. The second-order valence-corrected chi connectivity index (χ2v) is 7.21. The van der Waals surface area contributed by atoms with E-state index in [0.717, 1.165) is 12.1 Å². The highest BCUT2D eigenvalue weighted by Gasteiger charge is 2.30. The number of carbonyl (C=O) groups is 2. The molecule has 0 amide bonds. The molecule has 0 saturated carbocycles. The number of rotatable bonds is 11. The number of carboxylic acid groups (broad SMARTS) is 1. The van der Waals surface area contributed by atoms with Crippen LogP contribution in [-0.4, -0.2) is 29.6 Å². The molecule has 5 nitrogen and oxygen atoms in total. The third-order valence-electron chi connectivity index (χ3n) is 4.76. The molecule has 1 N–H and O–H groups in total. The zero-order valence-electron chi connectivity index (χ0n) is 16.8. The Morgan fingerprint density at radius 1 is 1.29 bits per heavy atom. The first-order valence-electron chi connectivity index (χ1n) is 9.90. The lowest BCUT2D eigenvalue weighted by Gasteiger charge is -2.14. The Labute approximate surface area is 178 Å². The van der Waals surface area contributed by atoms with Crippen LogP contribution in [0.3, 0.4) is 0 Å². The minimum atomic E-state index is -4.48. The molecular formula is C23H24F3O5-. The third kappa shape index (κ3) is 8.41. The molecule has 0 radical (unpaired) electrons. The number of ketones is 1. The van der Waals surface area contributed by atoms with E-state index in [9.17, 15) is 33.0 Å². The van der Waals surface area contributed by atoms with Gasteiger partial charge < -0.3 is 19.7 Å². The van der Waals surface area contributed by atoms with Gasteiger partial charge in [0.15, 0.2) is 5.78 Å². The molecule has 31 heavy (non-hydrogen) atoms. The molecule has 1 aromatic rings. The first kappa shape index (κ1) is 24.4. The maximum atomic E-state index is 12.7. The van der Waals surface area contributed by atoms with Crippen LogP contribution in [0.15, 0.2) is 60.7 Å². The predicted octanol–water partition coefficient (Wildman–Crippen LogP) is 3.24. The van der Waals surface area contributed by atoms with Gasteiger partial charge in [0.25, 0.3) is 0 Å². The number of allylic oxidation sites excluding steroid dienone is 5. The highest BCUT2D eigenvalue weighted by Crippen LogP contribution is 2.31. The van der Waals surface area contributed by atoms with Crippen molar-refractivity contribution in [3.8, 4) is 5.75 Å². The van der Waals surface area contributed by atoms with Crippen molar-refractivity contribution in [1.29, 1.82) is 0 Å². The highest BCUT2D eigenvalue weighted by molar-refractivity contribution is 5.95. The summed E-state index contributed by atoms with van der Waals surface area (Å²) in [5.41, 5.74) is -0.833. The van der Waals surface area contributed by atoms with E-state index in [-0.39, 0.29) is 36.4 Å². The number of carbonyl (C=O) groups excluding carboxylic acids is 2. The summed E-state index contributed by atoms with van der Waals surface area (Å²) in [6.07, 6.45) is 5.98. The number of hydrogen-bond donors (Lipinski definition) is 1. The van der Waals surface area contributed by atoms with Crippen LogP contribution < -0.4 is 9.84 Å². The maximum absolute atomic E-state index is 12.7. The molecule has 8 heteroatoms. The van der Waals surface area contributed by atoms with Gasteiger partial charge in [0.1, 0.15) is 18.5 Å². The highest BCUT2D eigenvalue weighted by atomic mass is 19.4. The average Bonchev–Trinajstić information content (AvgIpc) is 3.06. The summed E-state index contributed by atoms with van der Waals surface area (Å²) >= 11 is 0. The quantitative estimate of drug-likeness (QED) is 0.424. The number of carboxylic acids is 1. The predicted molar refractivity (Wildman–Crippen MR) is 106 cm³/mol. The summed E-state index contributed by atoms with van der Waals surface area (Å²) in [6, 6.07) is 4.40. The monoisotopic (exact) mass is 437 g/mol. The Morgan fingerprint density at radius 3 is 2.77 bits per heavy atom. The molecule has 1 aliphatic rings. The smallest absolute Gasteiger partial charge is 0.416 e. The summed E-state index contributed by atoms with van der Waals surface area (Å²) in [5.74, 6) is -1.66. The van der Waals surface area contributed by atoms with Gasteiger partial charge in [-0.3, -0.25) is 4.79 Å². The van der Waals surface area contributed by atoms with Crippen LogP contribution in [0.4, 0.5) is 13.2 Å². The van der Waals surface area contributed by atoms with Gasteiger partial charge in [0, 0.05) is 17.8 Å². The van der Waals surface area contributed by atoms with Crippen molar-refractivity contribution in [2.45, 2.75) is 38.0 Å². The minimum Gasteiger partial charge on any atom is -0.550 e. The SMILES string of the molecule is O=C([O-])CCCC=CC[C@H]1C(=O)C=C[C@@H]1/C=C/[C@@H](O)COc1cccc(C(F)(F)F)c1. The fraction of sp³-hybridized carbons (Fsp3) is 0.391. The molecule has 0 spiro atoms. The van der Waals surface area contributed by atoms with E-state index in [1.807, 2.05) is 12.2 Å². The van der Waals surface area contributed by atoms with Crippen LogP contribution >= 0.6 is 0 Å². The van der Waals surface area contributed by atoms with Gasteiger partial charge in [-0.2, -0.15) is 13.2 Å². The maximum Gasteiger partial charge on any atom is 0.416 e. The van der Waals surface area contributed by atoms with Crippen molar-refractivity contribution in [2.24, 2.45) is 11.8 Å². The van der Waals surface area contributed by atoms with Crippen molar-refractivity contribution < 1.29 is 37.7 Å². The molecule has 1 aliphatic carbocycles. The number of hydrogen-bond acceptors (Lipinski definition) is 5. The number of unbranched alkanes of at least 4 members (excludes halogenated alkanes) is 1. The van der Waals surface area contributed by atoms with Gasteiger partial charge in [-0.25, -0.2) is 0 Å². The number of aliphatic carboxylic acids is 1. The van der Waals surface area contributed by atoms with E-state index in [1.165, 1.54) is 24.3 Å². The Kier molecular flexibility index (Phi) is 9.05. The van der Waals surface area contributed by atoms with Crippen LogP contribution in [0.25, 0.3) is 0 Å². The van der Waals surface area contributed by atoms with Crippen LogP contribution in [0.1, 0.15) is 31.2 Å². The number of alkyl halides is 3. The van der Waals surface area contributed by atoms with Crippen molar-refractivity contribution in [1.82, 2.24) is 0 Å². The fourth-order valence-corrected chi connectivity index (χ4v) is 3.11. The lowest BCUT2D eigenvalue weighted by molar-refractivity contribution is -0.305. The molecule has 0 bridgehead atoms. The molecule has 1 aromatic carbocycles. The molecule has 0 aromatic heterocycles. The van der Waals surface area contributed by atoms with Gasteiger partial charge in [0.2, 0.25) is 0 Å². The zero-order chi connectivity index (χ0) is 22.9. The molecule has 0 aliphatic heterocycles. The van der Waals surface area contributed by atoms with Crippen molar-refractivity contribution >= 4 is 11.8 Å².